The average molecular weight is 141 g/mol. The molecular formula is C5H7N3O2. The molecule has 0 N–H and O–H groups in total. The number of nitrogens with zero attached hydrogens (tertiary/aromatic N) is 3. The maximum Gasteiger partial charge on any atom is 0.317 e. The minimum absolute atomic E-state index is 0.356. The molecule has 1 rings (SSSR count). The van der Waals surface area contributed by atoms with E-state index in [0.29, 0.717) is 13.0 Å². The molecular weight excluding hydrogens is 134 g/mol. The van der Waals surface area contributed by atoms with E-state index < -0.39 is 11.5 Å². The number of cyclic esters (lactones) is 1. The summed E-state index contributed by atoms with van der Waals surface area (Å²) in [6.07, 6.45) is 0.482. The Labute approximate surface area is 57.6 Å². The Kier molecular flexibility index (Phi) is 1.51. The molecule has 0 aromatic rings. The lowest BCUT2D eigenvalue weighted by molar-refractivity contribution is -0.141. The van der Waals surface area contributed by atoms with Crippen LogP contribution in [0.3, 0.4) is 0 Å². The van der Waals surface area contributed by atoms with E-state index in [4.69, 9.17) is 5.53 Å². The van der Waals surface area contributed by atoms with Crippen molar-refractivity contribution in [2.24, 2.45) is 5.11 Å². The molecule has 1 fully saturated rings. The van der Waals surface area contributed by atoms with Crippen LogP contribution in [0.25, 0.3) is 10.4 Å². The molecule has 0 amide bonds. The molecule has 5 nitrogen and oxygen atoms in total. The number of carbonyl (C=O) groups is 1. The lowest BCUT2D eigenvalue weighted by atomic mass is 10.0. The summed E-state index contributed by atoms with van der Waals surface area (Å²) in [5.74, 6) is -0.426. The lowest BCUT2D eigenvalue weighted by Crippen LogP contribution is -2.26. The molecule has 1 atom stereocenters. The van der Waals surface area contributed by atoms with Crippen LogP contribution >= 0.6 is 0 Å². The van der Waals surface area contributed by atoms with Gasteiger partial charge in [0.15, 0.2) is 0 Å². The second-order valence-electron chi connectivity index (χ2n) is 2.35. The van der Waals surface area contributed by atoms with Crippen molar-refractivity contribution in [1.29, 1.82) is 0 Å². The van der Waals surface area contributed by atoms with Crippen molar-refractivity contribution in [2.45, 2.75) is 18.9 Å². The predicted molar refractivity (Wildman–Crippen MR) is 33.1 cm³/mol. The van der Waals surface area contributed by atoms with Gasteiger partial charge in [0, 0.05) is 11.3 Å². The Hall–Kier alpha value is -1.22. The number of azide groups is 1. The molecule has 0 bridgehead atoms. The van der Waals surface area contributed by atoms with Crippen LogP contribution in [0.1, 0.15) is 13.3 Å². The van der Waals surface area contributed by atoms with Gasteiger partial charge in [-0.3, -0.25) is 4.79 Å². The first kappa shape index (κ1) is 6.89. The van der Waals surface area contributed by atoms with Gasteiger partial charge in [0.25, 0.3) is 0 Å². The second-order valence-corrected chi connectivity index (χ2v) is 2.35. The highest BCUT2D eigenvalue weighted by Crippen LogP contribution is 2.23. The van der Waals surface area contributed by atoms with E-state index in [1.807, 2.05) is 0 Å². The maximum atomic E-state index is 10.8. The van der Waals surface area contributed by atoms with Gasteiger partial charge in [0.05, 0.1) is 6.61 Å². The molecule has 0 aliphatic carbocycles. The third-order valence-electron chi connectivity index (χ3n) is 1.53. The molecule has 5 heteroatoms. The van der Waals surface area contributed by atoms with Crippen LogP contribution in [-0.4, -0.2) is 18.1 Å². The van der Waals surface area contributed by atoms with Gasteiger partial charge in [-0.1, -0.05) is 5.11 Å². The number of rotatable bonds is 1. The summed E-state index contributed by atoms with van der Waals surface area (Å²) in [4.78, 5) is 13.4. The molecule has 1 aliphatic rings. The second kappa shape index (κ2) is 2.19. The highest BCUT2D eigenvalue weighted by atomic mass is 16.5. The quantitative estimate of drug-likeness (QED) is 0.236. The van der Waals surface area contributed by atoms with Crippen molar-refractivity contribution in [3.8, 4) is 0 Å². The van der Waals surface area contributed by atoms with Crippen LogP contribution in [0, 0.1) is 0 Å². The van der Waals surface area contributed by atoms with Crippen LogP contribution in [0.15, 0.2) is 5.11 Å². The SMILES string of the molecule is C[C@]1(N=[N+]=[N-])CCOC1=O. The first-order valence-corrected chi connectivity index (χ1v) is 2.92. The van der Waals surface area contributed by atoms with Gasteiger partial charge >= 0.3 is 5.97 Å². The van der Waals surface area contributed by atoms with Crippen LogP contribution in [-0.2, 0) is 9.53 Å². The van der Waals surface area contributed by atoms with Crippen LogP contribution < -0.4 is 0 Å². The lowest BCUT2D eigenvalue weighted by Gasteiger charge is -2.08. The van der Waals surface area contributed by atoms with E-state index in [-0.39, 0.29) is 0 Å². The first-order valence-electron chi connectivity index (χ1n) is 2.92. The molecule has 0 spiro atoms. The highest BCUT2D eigenvalue weighted by Gasteiger charge is 2.39. The fourth-order valence-corrected chi connectivity index (χ4v) is 0.790. The van der Waals surface area contributed by atoms with E-state index >= 15 is 0 Å². The summed E-state index contributed by atoms with van der Waals surface area (Å²) < 4.78 is 4.62. The number of carbonyl (C=O) groups excluding carboxylic acids is 1. The predicted octanol–water partition coefficient (Wildman–Crippen LogP) is 1.00. The summed E-state index contributed by atoms with van der Waals surface area (Å²) in [7, 11) is 0. The summed E-state index contributed by atoms with van der Waals surface area (Å²) in [5.41, 5.74) is 7.11. The van der Waals surface area contributed by atoms with Crippen molar-refractivity contribution in [3.05, 3.63) is 10.4 Å². The highest BCUT2D eigenvalue weighted by molar-refractivity contribution is 5.82. The molecule has 1 saturated heterocycles. The van der Waals surface area contributed by atoms with Crippen molar-refractivity contribution in [1.82, 2.24) is 0 Å². The Morgan fingerprint density at radius 1 is 1.90 bits per heavy atom. The van der Waals surface area contributed by atoms with E-state index in [9.17, 15) is 4.79 Å². The topological polar surface area (TPSA) is 75.1 Å². The number of esters is 1. The van der Waals surface area contributed by atoms with Gasteiger partial charge in [0.1, 0.15) is 5.54 Å². The zero-order valence-corrected chi connectivity index (χ0v) is 5.57. The number of ether oxygens (including phenoxy) is 1. The van der Waals surface area contributed by atoms with Gasteiger partial charge in [-0.2, -0.15) is 0 Å². The Morgan fingerprint density at radius 3 is 3.00 bits per heavy atom. The van der Waals surface area contributed by atoms with Gasteiger partial charge in [-0.25, -0.2) is 0 Å². The van der Waals surface area contributed by atoms with Gasteiger partial charge in [0.2, 0.25) is 0 Å². The molecule has 1 heterocycles. The van der Waals surface area contributed by atoms with Crippen LogP contribution in [0.2, 0.25) is 0 Å². The summed E-state index contributed by atoms with van der Waals surface area (Å²) in [6.45, 7) is 1.93. The monoisotopic (exact) mass is 141 g/mol. The summed E-state index contributed by atoms with van der Waals surface area (Å²) >= 11 is 0. The van der Waals surface area contributed by atoms with Crippen molar-refractivity contribution in [3.63, 3.8) is 0 Å². The molecule has 0 aromatic carbocycles. The summed E-state index contributed by atoms with van der Waals surface area (Å²) in [5, 5.41) is 3.34. The largest absolute Gasteiger partial charge is 0.465 e. The minimum atomic E-state index is -0.950. The number of hydrogen-bond acceptors (Lipinski definition) is 3. The standard InChI is InChI=1S/C5H7N3O2/c1-5(7-8-6)2-3-10-4(5)9/h2-3H2,1H3/t5-/m0/s1. The van der Waals surface area contributed by atoms with Crippen molar-refractivity contribution in [2.75, 3.05) is 6.61 Å². The molecule has 54 valence electrons. The maximum absolute atomic E-state index is 10.8. The Balaban J connectivity index is 2.85. The van der Waals surface area contributed by atoms with Crippen LogP contribution in [0.5, 0.6) is 0 Å². The van der Waals surface area contributed by atoms with E-state index in [1.165, 1.54) is 0 Å². The molecule has 1 aliphatic heterocycles. The normalized spacial score (nSPS) is 31.1. The van der Waals surface area contributed by atoms with Crippen molar-refractivity contribution >= 4 is 5.97 Å². The molecule has 10 heavy (non-hydrogen) atoms. The van der Waals surface area contributed by atoms with E-state index in [1.54, 1.807) is 6.92 Å². The third-order valence-corrected chi connectivity index (χ3v) is 1.53. The van der Waals surface area contributed by atoms with E-state index in [2.05, 4.69) is 14.8 Å². The van der Waals surface area contributed by atoms with Gasteiger partial charge < -0.3 is 4.74 Å². The third kappa shape index (κ3) is 0.910. The Morgan fingerprint density at radius 2 is 2.60 bits per heavy atom. The van der Waals surface area contributed by atoms with Crippen molar-refractivity contribution < 1.29 is 9.53 Å². The number of hydrogen-bond donors (Lipinski definition) is 0. The van der Waals surface area contributed by atoms with Gasteiger partial charge in [-0.05, 0) is 12.5 Å². The van der Waals surface area contributed by atoms with Gasteiger partial charge in [-0.15, -0.1) is 0 Å². The molecule has 0 radical (unpaired) electrons. The zero-order chi connectivity index (χ0) is 7.61. The molecule has 0 aromatic heterocycles. The fourth-order valence-electron chi connectivity index (χ4n) is 0.790. The molecule has 0 unspecified atom stereocenters. The first-order chi connectivity index (χ1) is 4.69. The fraction of sp³-hybridized carbons (Fsp3) is 0.800. The molecule has 0 saturated carbocycles. The summed E-state index contributed by atoms with van der Waals surface area (Å²) in [6, 6.07) is 0. The Bertz CT molecular complexity index is 209. The zero-order valence-electron chi connectivity index (χ0n) is 5.57. The van der Waals surface area contributed by atoms with Crippen LogP contribution in [0.4, 0.5) is 0 Å². The minimum Gasteiger partial charge on any atom is -0.465 e. The average Bonchev–Trinajstić information content (AvgIpc) is 2.15. The van der Waals surface area contributed by atoms with E-state index in [0.717, 1.165) is 0 Å². The smallest absolute Gasteiger partial charge is 0.317 e.